The molecule has 1 N–H and O–H groups in total. The highest BCUT2D eigenvalue weighted by Crippen LogP contribution is 2.35. The second kappa shape index (κ2) is 5.53. The van der Waals surface area contributed by atoms with Crippen LogP contribution >= 0.6 is 0 Å². The summed E-state index contributed by atoms with van der Waals surface area (Å²) in [7, 11) is 0. The smallest absolute Gasteiger partial charge is 0.299 e. The number of likely N-dealkylation sites (tertiary alicyclic amines) is 1. The van der Waals surface area contributed by atoms with Crippen LogP contribution in [0.4, 0.5) is 17.1 Å². The third kappa shape index (κ3) is 2.87. The molecule has 3 rings (SSSR count). The molecule has 2 unspecified atom stereocenters. The molecule has 1 aliphatic heterocycles. The first-order chi connectivity index (χ1) is 10.5. The van der Waals surface area contributed by atoms with Crippen molar-refractivity contribution in [3.63, 3.8) is 0 Å². The number of anilines is 1. The summed E-state index contributed by atoms with van der Waals surface area (Å²) in [4.78, 5) is 23.1. The van der Waals surface area contributed by atoms with Gasteiger partial charge >= 0.3 is 0 Å². The summed E-state index contributed by atoms with van der Waals surface area (Å²) < 4.78 is 0. The van der Waals surface area contributed by atoms with E-state index in [1.165, 1.54) is 25.0 Å². The molecule has 22 heavy (non-hydrogen) atoms. The zero-order valence-corrected chi connectivity index (χ0v) is 12.3. The van der Waals surface area contributed by atoms with Gasteiger partial charge in [0.1, 0.15) is 5.69 Å². The van der Waals surface area contributed by atoms with Crippen LogP contribution in [-0.4, -0.2) is 39.4 Å². The molecule has 8 heteroatoms. The Morgan fingerprint density at radius 1 is 1.23 bits per heavy atom. The van der Waals surface area contributed by atoms with Gasteiger partial charge in [0, 0.05) is 30.7 Å². The van der Waals surface area contributed by atoms with E-state index in [9.17, 15) is 20.2 Å². The molecule has 0 radical (unpaired) electrons. The highest BCUT2D eigenvalue weighted by atomic mass is 16.6. The van der Waals surface area contributed by atoms with Crippen LogP contribution in [0.2, 0.25) is 0 Å². The first kappa shape index (κ1) is 14.7. The number of nitro groups is 2. The Bertz CT molecular complexity index is 617. The van der Waals surface area contributed by atoms with Crippen molar-refractivity contribution in [2.75, 3.05) is 11.9 Å². The summed E-state index contributed by atoms with van der Waals surface area (Å²) in [6.07, 6.45) is 3.38. The molecule has 1 aliphatic carbocycles. The van der Waals surface area contributed by atoms with E-state index in [0.29, 0.717) is 17.8 Å². The molecule has 2 fully saturated rings. The number of nitro benzene ring substituents is 2. The van der Waals surface area contributed by atoms with Crippen LogP contribution in [0.3, 0.4) is 0 Å². The fourth-order valence-corrected chi connectivity index (χ4v) is 3.20. The van der Waals surface area contributed by atoms with E-state index >= 15 is 0 Å². The summed E-state index contributed by atoms with van der Waals surface area (Å²) in [6, 6.07) is 5.00. The van der Waals surface area contributed by atoms with E-state index < -0.39 is 9.85 Å². The highest BCUT2D eigenvalue weighted by molar-refractivity contribution is 5.65. The molecule has 1 saturated carbocycles. The Morgan fingerprint density at radius 2 is 1.95 bits per heavy atom. The lowest BCUT2D eigenvalue weighted by atomic mass is 10.1. The summed E-state index contributed by atoms with van der Waals surface area (Å²) >= 11 is 0. The van der Waals surface area contributed by atoms with E-state index in [4.69, 9.17) is 0 Å². The lowest BCUT2D eigenvalue weighted by molar-refractivity contribution is -0.393. The summed E-state index contributed by atoms with van der Waals surface area (Å²) in [6.45, 7) is 3.03. The second-order valence-corrected chi connectivity index (χ2v) is 6.07. The van der Waals surface area contributed by atoms with Gasteiger partial charge in [-0.05, 0) is 32.3 Å². The highest BCUT2D eigenvalue weighted by Gasteiger charge is 2.39. The Balaban J connectivity index is 1.77. The van der Waals surface area contributed by atoms with Crippen molar-refractivity contribution in [2.24, 2.45) is 0 Å². The molecule has 1 heterocycles. The number of rotatable bonds is 5. The predicted octanol–water partition coefficient (Wildman–Crippen LogP) is 2.54. The number of hydrogen-bond donors (Lipinski definition) is 1. The molecular formula is C14H18N4O4. The van der Waals surface area contributed by atoms with Crippen LogP contribution in [0, 0.1) is 20.2 Å². The van der Waals surface area contributed by atoms with Crippen molar-refractivity contribution in [1.82, 2.24) is 4.90 Å². The van der Waals surface area contributed by atoms with Crippen LogP contribution in [-0.2, 0) is 0 Å². The van der Waals surface area contributed by atoms with E-state index in [0.717, 1.165) is 19.0 Å². The normalized spacial score (nSPS) is 25.1. The fraction of sp³-hybridized carbons (Fsp3) is 0.571. The predicted molar refractivity (Wildman–Crippen MR) is 81.0 cm³/mol. The molecule has 0 aromatic heterocycles. The van der Waals surface area contributed by atoms with Crippen LogP contribution < -0.4 is 5.32 Å². The number of benzene rings is 1. The average Bonchev–Trinajstić information content (AvgIpc) is 3.23. The lowest BCUT2D eigenvalue weighted by Crippen LogP contribution is -2.31. The second-order valence-electron chi connectivity index (χ2n) is 6.07. The van der Waals surface area contributed by atoms with Gasteiger partial charge in [-0.3, -0.25) is 25.1 Å². The lowest BCUT2D eigenvalue weighted by Gasteiger charge is -2.19. The first-order valence-electron chi connectivity index (χ1n) is 7.41. The number of nitrogens with zero attached hydrogens (tertiary/aromatic N) is 3. The Kier molecular flexibility index (Phi) is 3.69. The average molecular weight is 306 g/mol. The summed E-state index contributed by atoms with van der Waals surface area (Å²) in [5.74, 6) is 0. The van der Waals surface area contributed by atoms with Gasteiger partial charge in [0.05, 0.1) is 15.9 Å². The SMILES string of the molecule is CC1CC(Nc2ccc([N+](=O)[O-])cc2[N+](=O)[O-])CN1C1CC1. The van der Waals surface area contributed by atoms with Gasteiger partial charge in [-0.2, -0.15) is 0 Å². The van der Waals surface area contributed by atoms with Crippen LogP contribution in [0.1, 0.15) is 26.2 Å². The Morgan fingerprint density at radius 3 is 2.55 bits per heavy atom. The molecule has 1 aromatic carbocycles. The van der Waals surface area contributed by atoms with Gasteiger partial charge in [-0.25, -0.2) is 0 Å². The van der Waals surface area contributed by atoms with Gasteiger partial charge in [0.15, 0.2) is 0 Å². The van der Waals surface area contributed by atoms with E-state index in [1.54, 1.807) is 0 Å². The van der Waals surface area contributed by atoms with Crippen molar-refractivity contribution in [2.45, 2.75) is 44.3 Å². The van der Waals surface area contributed by atoms with Crippen LogP contribution in [0.25, 0.3) is 0 Å². The van der Waals surface area contributed by atoms with E-state index in [-0.39, 0.29) is 17.4 Å². The largest absolute Gasteiger partial charge is 0.375 e. The number of non-ortho nitro benzene ring substituents is 1. The first-order valence-corrected chi connectivity index (χ1v) is 7.41. The third-order valence-electron chi connectivity index (χ3n) is 4.39. The van der Waals surface area contributed by atoms with Crippen LogP contribution in [0.5, 0.6) is 0 Å². The Hall–Kier alpha value is -2.22. The van der Waals surface area contributed by atoms with Crippen molar-refractivity contribution in [1.29, 1.82) is 0 Å². The zero-order valence-electron chi connectivity index (χ0n) is 12.3. The van der Waals surface area contributed by atoms with Gasteiger partial charge in [0.2, 0.25) is 0 Å². The molecule has 1 aromatic rings. The van der Waals surface area contributed by atoms with Crippen molar-refractivity contribution in [3.05, 3.63) is 38.4 Å². The molecule has 2 atom stereocenters. The number of nitrogens with one attached hydrogen (secondary N) is 1. The number of hydrogen-bond acceptors (Lipinski definition) is 6. The molecule has 0 spiro atoms. The Labute approximate surface area is 127 Å². The quantitative estimate of drug-likeness (QED) is 0.662. The molecule has 118 valence electrons. The minimum absolute atomic E-state index is 0.135. The summed E-state index contributed by atoms with van der Waals surface area (Å²) in [5, 5.41) is 25.1. The summed E-state index contributed by atoms with van der Waals surface area (Å²) in [5.41, 5.74) is -0.159. The van der Waals surface area contributed by atoms with Gasteiger partial charge in [-0.1, -0.05) is 0 Å². The molecule has 0 bridgehead atoms. The van der Waals surface area contributed by atoms with E-state index in [2.05, 4.69) is 17.1 Å². The molecule has 8 nitrogen and oxygen atoms in total. The molecule has 2 aliphatic rings. The van der Waals surface area contributed by atoms with Crippen molar-refractivity contribution in [3.8, 4) is 0 Å². The maximum Gasteiger partial charge on any atom is 0.299 e. The minimum Gasteiger partial charge on any atom is -0.375 e. The molecular weight excluding hydrogens is 288 g/mol. The fourth-order valence-electron chi connectivity index (χ4n) is 3.20. The van der Waals surface area contributed by atoms with Gasteiger partial charge < -0.3 is 5.32 Å². The van der Waals surface area contributed by atoms with Crippen molar-refractivity contribution < 1.29 is 9.85 Å². The third-order valence-corrected chi connectivity index (χ3v) is 4.39. The topological polar surface area (TPSA) is 102 Å². The molecule has 1 saturated heterocycles. The maximum absolute atomic E-state index is 11.1. The molecule has 0 amide bonds. The van der Waals surface area contributed by atoms with Crippen LogP contribution in [0.15, 0.2) is 18.2 Å². The minimum atomic E-state index is -0.622. The van der Waals surface area contributed by atoms with Gasteiger partial charge in [-0.15, -0.1) is 0 Å². The zero-order chi connectivity index (χ0) is 15.9. The van der Waals surface area contributed by atoms with Gasteiger partial charge in [0.25, 0.3) is 11.4 Å². The van der Waals surface area contributed by atoms with E-state index in [1.807, 2.05) is 0 Å². The monoisotopic (exact) mass is 306 g/mol. The van der Waals surface area contributed by atoms with Crippen molar-refractivity contribution >= 4 is 17.1 Å². The maximum atomic E-state index is 11.1. The standard InChI is InChI=1S/C14H18N4O4/c1-9-6-10(8-16(9)11-2-3-11)15-13-5-4-12(17(19)20)7-14(13)18(21)22/h4-5,7,9-11,15H,2-3,6,8H2,1H3.